The van der Waals surface area contributed by atoms with E-state index < -0.39 is 0 Å². The van der Waals surface area contributed by atoms with E-state index in [-0.39, 0.29) is 5.91 Å². The molecule has 1 aliphatic heterocycles. The van der Waals surface area contributed by atoms with Crippen molar-refractivity contribution in [3.8, 4) is 6.07 Å². The molecule has 0 saturated carbocycles. The molecule has 0 aromatic carbocycles. The standard InChI is InChI=1S/C9H15N3O/c10-3-1-4-12-9(13)6-8-2-5-11-7-8/h8,11H,1-2,4-7H2,(H,12,13). The minimum atomic E-state index is 0.0731. The Morgan fingerprint density at radius 3 is 3.15 bits per heavy atom. The first-order valence-electron chi connectivity index (χ1n) is 4.67. The van der Waals surface area contributed by atoms with Crippen LogP contribution in [-0.4, -0.2) is 25.5 Å². The van der Waals surface area contributed by atoms with Gasteiger partial charge in [0.25, 0.3) is 0 Å². The molecule has 2 N–H and O–H groups in total. The zero-order valence-electron chi connectivity index (χ0n) is 7.68. The van der Waals surface area contributed by atoms with Crippen LogP contribution in [0, 0.1) is 17.2 Å². The van der Waals surface area contributed by atoms with Gasteiger partial charge in [0, 0.05) is 13.0 Å². The molecule has 1 rings (SSSR count). The minimum Gasteiger partial charge on any atom is -0.355 e. The van der Waals surface area contributed by atoms with Crippen LogP contribution in [0.4, 0.5) is 0 Å². The fourth-order valence-corrected chi connectivity index (χ4v) is 1.48. The number of nitrogens with zero attached hydrogens (tertiary/aromatic N) is 1. The average Bonchev–Trinajstić information content (AvgIpc) is 2.57. The van der Waals surface area contributed by atoms with E-state index in [2.05, 4.69) is 10.6 Å². The Morgan fingerprint density at radius 1 is 1.69 bits per heavy atom. The lowest BCUT2D eigenvalue weighted by Crippen LogP contribution is -2.26. The second kappa shape index (κ2) is 5.55. The second-order valence-electron chi connectivity index (χ2n) is 3.32. The van der Waals surface area contributed by atoms with Crippen LogP contribution in [0.2, 0.25) is 0 Å². The SMILES string of the molecule is N#CCCNC(=O)CC1CCNC1. The van der Waals surface area contributed by atoms with E-state index in [1.54, 1.807) is 0 Å². The molecule has 4 nitrogen and oxygen atoms in total. The van der Waals surface area contributed by atoms with Crippen molar-refractivity contribution in [1.82, 2.24) is 10.6 Å². The third-order valence-corrected chi connectivity index (χ3v) is 2.20. The van der Waals surface area contributed by atoms with E-state index in [0.29, 0.717) is 25.3 Å². The molecule has 13 heavy (non-hydrogen) atoms. The summed E-state index contributed by atoms with van der Waals surface area (Å²) in [7, 11) is 0. The minimum absolute atomic E-state index is 0.0731. The molecule has 0 radical (unpaired) electrons. The second-order valence-corrected chi connectivity index (χ2v) is 3.32. The summed E-state index contributed by atoms with van der Waals surface area (Å²) in [5.41, 5.74) is 0. The molecular formula is C9H15N3O. The van der Waals surface area contributed by atoms with Crippen molar-refractivity contribution < 1.29 is 4.79 Å². The summed E-state index contributed by atoms with van der Waals surface area (Å²) in [6.45, 7) is 2.46. The lowest BCUT2D eigenvalue weighted by molar-refractivity contribution is -0.121. The van der Waals surface area contributed by atoms with Crippen LogP contribution < -0.4 is 10.6 Å². The van der Waals surface area contributed by atoms with Crippen molar-refractivity contribution in [3.63, 3.8) is 0 Å². The molecule has 1 amide bonds. The van der Waals surface area contributed by atoms with Gasteiger partial charge in [0.15, 0.2) is 0 Å². The Bertz CT molecular complexity index is 203. The summed E-state index contributed by atoms with van der Waals surface area (Å²) in [6, 6.07) is 1.99. The van der Waals surface area contributed by atoms with Gasteiger partial charge in [-0.15, -0.1) is 0 Å². The van der Waals surface area contributed by atoms with E-state index in [1.807, 2.05) is 6.07 Å². The van der Waals surface area contributed by atoms with Crippen LogP contribution in [-0.2, 0) is 4.79 Å². The molecule has 0 spiro atoms. The Kier molecular flexibility index (Phi) is 4.27. The van der Waals surface area contributed by atoms with E-state index in [9.17, 15) is 4.79 Å². The summed E-state index contributed by atoms with van der Waals surface area (Å²) in [6.07, 6.45) is 2.08. The van der Waals surface area contributed by atoms with Crippen molar-refractivity contribution in [1.29, 1.82) is 5.26 Å². The largest absolute Gasteiger partial charge is 0.355 e. The van der Waals surface area contributed by atoms with Crippen LogP contribution in [0.3, 0.4) is 0 Å². The summed E-state index contributed by atoms with van der Waals surface area (Å²) < 4.78 is 0. The molecule has 1 atom stereocenters. The molecule has 1 unspecified atom stereocenters. The van der Waals surface area contributed by atoms with Gasteiger partial charge in [-0.2, -0.15) is 5.26 Å². The number of nitrogens with one attached hydrogen (secondary N) is 2. The van der Waals surface area contributed by atoms with Gasteiger partial charge in [0.2, 0.25) is 5.91 Å². The first kappa shape index (κ1) is 10.0. The highest BCUT2D eigenvalue weighted by atomic mass is 16.1. The van der Waals surface area contributed by atoms with E-state index in [4.69, 9.17) is 5.26 Å². The van der Waals surface area contributed by atoms with Gasteiger partial charge in [-0.25, -0.2) is 0 Å². The first-order valence-corrected chi connectivity index (χ1v) is 4.67. The summed E-state index contributed by atoms with van der Waals surface area (Å²) in [4.78, 5) is 11.2. The van der Waals surface area contributed by atoms with E-state index in [1.165, 1.54) is 0 Å². The van der Waals surface area contributed by atoms with Gasteiger partial charge in [-0.3, -0.25) is 4.79 Å². The van der Waals surface area contributed by atoms with Gasteiger partial charge in [0.1, 0.15) is 0 Å². The highest BCUT2D eigenvalue weighted by molar-refractivity contribution is 5.76. The smallest absolute Gasteiger partial charge is 0.220 e. The molecular weight excluding hydrogens is 166 g/mol. The lowest BCUT2D eigenvalue weighted by atomic mass is 10.0. The maximum atomic E-state index is 11.2. The monoisotopic (exact) mass is 181 g/mol. The van der Waals surface area contributed by atoms with Crippen LogP contribution in [0.25, 0.3) is 0 Å². The van der Waals surface area contributed by atoms with Crippen molar-refractivity contribution in [3.05, 3.63) is 0 Å². The molecule has 1 fully saturated rings. The first-order chi connectivity index (χ1) is 6.33. The van der Waals surface area contributed by atoms with Crippen LogP contribution in [0.5, 0.6) is 0 Å². The van der Waals surface area contributed by atoms with Gasteiger partial charge in [-0.1, -0.05) is 0 Å². The maximum absolute atomic E-state index is 11.2. The highest BCUT2D eigenvalue weighted by Crippen LogP contribution is 2.11. The van der Waals surface area contributed by atoms with E-state index >= 15 is 0 Å². The number of hydrogen-bond donors (Lipinski definition) is 2. The fraction of sp³-hybridized carbons (Fsp3) is 0.778. The molecule has 72 valence electrons. The maximum Gasteiger partial charge on any atom is 0.220 e. The zero-order chi connectivity index (χ0) is 9.52. The summed E-state index contributed by atoms with van der Waals surface area (Å²) in [5, 5.41) is 14.2. The Hall–Kier alpha value is -1.08. The van der Waals surface area contributed by atoms with Crippen LogP contribution in [0.15, 0.2) is 0 Å². The van der Waals surface area contributed by atoms with E-state index in [0.717, 1.165) is 19.5 Å². The Balaban J connectivity index is 2.07. The third-order valence-electron chi connectivity index (χ3n) is 2.20. The van der Waals surface area contributed by atoms with Crippen molar-refractivity contribution in [2.24, 2.45) is 5.92 Å². The third kappa shape index (κ3) is 3.90. The van der Waals surface area contributed by atoms with Gasteiger partial charge in [0.05, 0.1) is 12.5 Å². The Labute approximate surface area is 78.3 Å². The lowest BCUT2D eigenvalue weighted by Gasteiger charge is -2.07. The van der Waals surface area contributed by atoms with Crippen molar-refractivity contribution >= 4 is 5.91 Å². The topological polar surface area (TPSA) is 64.9 Å². The zero-order valence-corrected chi connectivity index (χ0v) is 7.68. The molecule has 1 aliphatic rings. The van der Waals surface area contributed by atoms with Crippen LogP contribution >= 0.6 is 0 Å². The van der Waals surface area contributed by atoms with Crippen molar-refractivity contribution in [2.75, 3.05) is 19.6 Å². The average molecular weight is 181 g/mol. The van der Waals surface area contributed by atoms with Gasteiger partial charge >= 0.3 is 0 Å². The highest BCUT2D eigenvalue weighted by Gasteiger charge is 2.17. The quantitative estimate of drug-likeness (QED) is 0.601. The number of carbonyl (C=O) groups excluding carboxylic acids is 1. The number of amides is 1. The molecule has 0 aliphatic carbocycles. The fourth-order valence-electron chi connectivity index (χ4n) is 1.48. The molecule has 4 heteroatoms. The summed E-state index contributed by atoms with van der Waals surface area (Å²) >= 11 is 0. The predicted molar refractivity (Wildman–Crippen MR) is 48.8 cm³/mol. The van der Waals surface area contributed by atoms with Gasteiger partial charge < -0.3 is 10.6 Å². The number of nitriles is 1. The van der Waals surface area contributed by atoms with Gasteiger partial charge in [-0.05, 0) is 25.4 Å². The summed E-state index contributed by atoms with van der Waals surface area (Å²) in [5.74, 6) is 0.561. The molecule has 1 saturated heterocycles. The predicted octanol–water partition coefficient (Wildman–Crippen LogP) is 0.0159. The normalized spacial score (nSPS) is 21.0. The molecule has 1 heterocycles. The molecule has 0 aromatic heterocycles. The Morgan fingerprint density at radius 2 is 2.54 bits per heavy atom. The van der Waals surface area contributed by atoms with Crippen LogP contribution in [0.1, 0.15) is 19.3 Å². The van der Waals surface area contributed by atoms with Crippen molar-refractivity contribution in [2.45, 2.75) is 19.3 Å². The number of rotatable bonds is 4. The molecule has 0 bridgehead atoms. The molecule has 0 aromatic rings. The number of hydrogen-bond acceptors (Lipinski definition) is 3. The number of carbonyl (C=O) groups is 1.